The minimum absolute atomic E-state index is 0.00190. The second kappa shape index (κ2) is 23.1. The monoisotopic (exact) mass is 1030 g/mol. The molecule has 0 saturated carbocycles. The van der Waals surface area contributed by atoms with E-state index in [2.05, 4.69) is 13.8 Å². The van der Waals surface area contributed by atoms with Gasteiger partial charge in [-0.05, 0) is 126 Å². The Morgan fingerprint density at radius 3 is 1.18 bits per heavy atom. The van der Waals surface area contributed by atoms with E-state index in [1.54, 1.807) is 39.8 Å². The summed E-state index contributed by atoms with van der Waals surface area (Å²) >= 11 is 2.91. The number of ether oxygens (including phenoxy) is 2. The molecule has 2 aliphatic heterocycles. The Kier molecular flexibility index (Phi) is 16.9. The highest BCUT2D eigenvalue weighted by molar-refractivity contribution is 7.19. The van der Waals surface area contributed by atoms with Crippen molar-refractivity contribution in [3.63, 3.8) is 0 Å². The van der Waals surface area contributed by atoms with Crippen LogP contribution in [0.1, 0.15) is 198 Å². The van der Waals surface area contributed by atoms with E-state index in [-0.39, 0.29) is 33.0 Å². The minimum Gasteiger partial charge on any atom is -0.443 e. The third-order valence-corrected chi connectivity index (χ3v) is 16.8. The molecule has 0 atom stereocenters. The zero-order valence-electron chi connectivity index (χ0n) is 44.4. The van der Waals surface area contributed by atoms with Gasteiger partial charge in [-0.3, -0.25) is 19.2 Å². The normalized spacial score (nSPS) is 13.6. The molecular weight excluding hydrogens is 965 g/mol. The molecule has 6 amide bonds. The molecule has 10 nitrogen and oxygen atoms in total. The molecule has 0 bridgehead atoms. The molecule has 4 heterocycles. The van der Waals surface area contributed by atoms with Crippen LogP contribution in [0, 0.1) is 0 Å². The number of nitrogens with zero attached hydrogens (tertiary/aromatic N) is 2. The summed E-state index contributed by atoms with van der Waals surface area (Å²) < 4.78 is 12.1. The molecule has 74 heavy (non-hydrogen) atoms. The number of carbonyl (C=O) groups excluding carboxylic acids is 6. The molecule has 4 aromatic carbocycles. The van der Waals surface area contributed by atoms with E-state index in [0.717, 1.165) is 122 Å². The van der Waals surface area contributed by atoms with Crippen LogP contribution in [-0.4, -0.2) is 56.8 Å². The molecule has 12 heteroatoms. The van der Waals surface area contributed by atoms with E-state index in [9.17, 15) is 9.59 Å². The van der Waals surface area contributed by atoms with E-state index in [1.807, 2.05) is 86.6 Å². The number of hydrogen-bond acceptors (Lipinski definition) is 10. The summed E-state index contributed by atoms with van der Waals surface area (Å²) in [4.78, 5) is 95.4. The summed E-state index contributed by atoms with van der Waals surface area (Å²) in [5.41, 5.74) is 2.56. The summed E-state index contributed by atoms with van der Waals surface area (Å²) in [6, 6.07) is 27.2. The molecule has 0 radical (unpaired) electrons. The molecule has 0 N–H and O–H groups in total. The topological polar surface area (TPSA) is 127 Å². The molecule has 0 saturated heterocycles. The fraction of sp³-hybridized carbons (Fsp3) is 0.419. The zero-order valence-corrected chi connectivity index (χ0v) is 46.0. The fourth-order valence-electron chi connectivity index (χ4n) is 10.3. The maximum absolute atomic E-state index is 15.5. The average Bonchev–Trinajstić information content (AvgIpc) is 4.01. The van der Waals surface area contributed by atoms with E-state index >= 15 is 19.2 Å². The van der Waals surface area contributed by atoms with Crippen LogP contribution in [0.2, 0.25) is 0 Å². The molecule has 2 aliphatic rings. The van der Waals surface area contributed by atoms with Crippen molar-refractivity contribution in [1.82, 2.24) is 9.80 Å². The van der Waals surface area contributed by atoms with Gasteiger partial charge in [0.15, 0.2) is 0 Å². The largest absolute Gasteiger partial charge is 0.443 e. The smallest absolute Gasteiger partial charge is 0.424 e. The lowest BCUT2D eigenvalue weighted by molar-refractivity contribution is 0.00735. The van der Waals surface area contributed by atoms with Crippen LogP contribution in [0.5, 0.6) is 0 Å². The van der Waals surface area contributed by atoms with Gasteiger partial charge < -0.3 is 9.47 Å². The SMILES string of the molecule is CCCCCCc1cc(-c2cc3c4c(c(-c5cc(CCCCCC)c(-c6ccccc6)s5)cc5c4c2C(=O)N(C(=O)OC(C)(C)CCCC)C5=O)C(=O)N(C(=O)OC(C)(C)CCCC)C3=O)sc1-c1ccccc1. The van der Waals surface area contributed by atoms with Crippen LogP contribution >= 0.6 is 22.7 Å². The van der Waals surface area contributed by atoms with Gasteiger partial charge in [0.1, 0.15) is 11.2 Å². The summed E-state index contributed by atoms with van der Waals surface area (Å²) in [6.45, 7) is 15.5. The summed E-state index contributed by atoms with van der Waals surface area (Å²) in [7, 11) is 0. The van der Waals surface area contributed by atoms with Crippen molar-refractivity contribution < 1.29 is 38.2 Å². The molecule has 2 aromatic heterocycles. The molecular formula is C62H70N2O8S2. The summed E-state index contributed by atoms with van der Waals surface area (Å²) in [5.74, 6) is -3.70. The number of benzene rings is 4. The quantitative estimate of drug-likeness (QED) is 0.0486. The predicted molar refractivity (Wildman–Crippen MR) is 298 cm³/mol. The van der Waals surface area contributed by atoms with Gasteiger partial charge in [0, 0.05) is 52.5 Å². The highest BCUT2D eigenvalue weighted by Gasteiger charge is 2.48. The minimum atomic E-state index is -1.11. The number of hydrogen-bond donors (Lipinski definition) is 0. The Morgan fingerprint density at radius 2 is 0.824 bits per heavy atom. The van der Waals surface area contributed by atoms with Gasteiger partial charge in [-0.1, -0.05) is 140 Å². The van der Waals surface area contributed by atoms with Crippen LogP contribution in [-0.2, 0) is 22.3 Å². The maximum Gasteiger partial charge on any atom is 0.424 e. The van der Waals surface area contributed by atoms with E-state index in [4.69, 9.17) is 9.47 Å². The van der Waals surface area contributed by atoms with Crippen LogP contribution in [0.4, 0.5) is 9.59 Å². The van der Waals surface area contributed by atoms with Crippen molar-refractivity contribution in [1.29, 1.82) is 0 Å². The number of unbranched alkanes of at least 4 members (excludes halogenated alkanes) is 8. The molecule has 6 aromatic rings. The zero-order chi connectivity index (χ0) is 52.9. The van der Waals surface area contributed by atoms with Crippen molar-refractivity contribution in [2.45, 2.75) is 169 Å². The first-order valence-electron chi connectivity index (χ1n) is 26.8. The number of thiophene rings is 2. The number of carbonyl (C=O) groups is 6. The third-order valence-electron chi connectivity index (χ3n) is 14.3. The second-order valence-electron chi connectivity index (χ2n) is 21.1. The van der Waals surface area contributed by atoms with Gasteiger partial charge in [-0.15, -0.1) is 22.7 Å². The first-order valence-corrected chi connectivity index (χ1v) is 28.5. The van der Waals surface area contributed by atoms with Gasteiger partial charge in [0.05, 0.1) is 11.1 Å². The average molecular weight is 1040 g/mol. The maximum atomic E-state index is 15.5. The third kappa shape index (κ3) is 11.1. The van der Waals surface area contributed by atoms with Crippen molar-refractivity contribution in [3.05, 3.63) is 118 Å². The van der Waals surface area contributed by atoms with Crippen molar-refractivity contribution in [2.75, 3.05) is 0 Å². The number of amides is 6. The lowest BCUT2D eigenvalue weighted by atomic mass is 9.80. The molecule has 0 unspecified atom stereocenters. The van der Waals surface area contributed by atoms with Gasteiger partial charge in [0.25, 0.3) is 23.6 Å². The fourth-order valence-corrected chi connectivity index (χ4v) is 12.8. The van der Waals surface area contributed by atoms with Crippen molar-refractivity contribution >= 4 is 69.3 Å². The lowest BCUT2D eigenvalue weighted by Gasteiger charge is -2.34. The van der Waals surface area contributed by atoms with Crippen LogP contribution < -0.4 is 0 Å². The number of imide groups is 6. The van der Waals surface area contributed by atoms with Crippen molar-refractivity contribution in [2.24, 2.45) is 0 Å². The Hall–Kier alpha value is -6.24. The Labute approximate surface area is 444 Å². The van der Waals surface area contributed by atoms with Gasteiger partial charge in [-0.25, -0.2) is 9.59 Å². The summed E-state index contributed by atoms with van der Waals surface area (Å²) in [5, 5.41) is 0.162. The van der Waals surface area contributed by atoms with Gasteiger partial charge in [-0.2, -0.15) is 9.80 Å². The highest BCUT2D eigenvalue weighted by Crippen LogP contribution is 2.51. The van der Waals surface area contributed by atoms with Crippen molar-refractivity contribution in [3.8, 4) is 41.8 Å². The van der Waals surface area contributed by atoms with Gasteiger partial charge in [0.2, 0.25) is 0 Å². The Bertz CT molecular complexity index is 2880. The standard InChI is InChI=1S/C62H70N2O8S2/c1-9-13-17-21-31-41-35-47(73-53(41)39-27-23-19-24-28-39)43-37-45-50-49-46(56(66)63(57(67)51(43)49)59(69)71-61(5,6)33-15-11-3)38-44(52(50)58(68)64(55(45)65)60(70)72-62(7,8)34-16-12-4)48-36-42(32-22-18-14-10-2)54(74-48)40-29-25-20-26-30-40/h19-20,23-30,35-38H,9-18,21-22,31-34H2,1-8H3. The second-order valence-corrected chi connectivity index (χ2v) is 23.2. The Morgan fingerprint density at radius 1 is 0.459 bits per heavy atom. The number of rotatable bonds is 22. The van der Waals surface area contributed by atoms with Crippen LogP contribution in [0.3, 0.4) is 0 Å². The molecule has 388 valence electrons. The van der Waals surface area contributed by atoms with Crippen LogP contribution in [0.15, 0.2) is 84.9 Å². The first-order chi connectivity index (χ1) is 35.5. The molecule has 0 aliphatic carbocycles. The lowest BCUT2D eigenvalue weighted by Crippen LogP contribution is -2.49. The van der Waals surface area contributed by atoms with Crippen LogP contribution in [0.25, 0.3) is 52.5 Å². The van der Waals surface area contributed by atoms with E-state index in [1.165, 1.54) is 22.7 Å². The van der Waals surface area contributed by atoms with E-state index in [0.29, 0.717) is 43.5 Å². The number of aryl methyl sites for hydroxylation is 2. The highest BCUT2D eigenvalue weighted by atomic mass is 32.1. The summed E-state index contributed by atoms with van der Waals surface area (Å²) in [6.07, 6.45) is 11.7. The van der Waals surface area contributed by atoms with E-state index < -0.39 is 47.0 Å². The molecule has 0 fully saturated rings. The Balaban J connectivity index is 1.44. The molecule has 8 rings (SSSR count). The van der Waals surface area contributed by atoms with Gasteiger partial charge >= 0.3 is 12.2 Å². The molecule has 0 spiro atoms. The predicted octanol–water partition coefficient (Wildman–Crippen LogP) is 17.3. The first kappa shape index (κ1) is 54.0.